The maximum Gasteiger partial charge on any atom is 0.320 e. The Hall–Kier alpha value is -2.49. The number of piperidine rings is 1. The van der Waals surface area contributed by atoms with Crippen molar-refractivity contribution in [1.82, 2.24) is 15.2 Å². The fourth-order valence-corrected chi connectivity index (χ4v) is 4.91. The van der Waals surface area contributed by atoms with Crippen molar-refractivity contribution >= 4 is 28.8 Å². The van der Waals surface area contributed by atoms with E-state index in [1.165, 1.54) is 16.9 Å². The maximum atomic E-state index is 12.6. The second kappa shape index (κ2) is 10.9. The van der Waals surface area contributed by atoms with Crippen molar-refractivity contribution in [2.45, 2.75) is 25.3 Å². The Morgan fingerprint density at radius 3 is 3.12 bits per heavy atom. The van der Waals surface area contributed by atoms with Crippen LogP contribution in [0.15, 0.2) is 29.7 Å². The number of hydrogen-bond acceptors (Lipinski definition) is 6. The number of nitrogens with zero attached hydrogens (tertiary/aromatic N) is 2. The quantitative estimate of drug-likeness (QED) is 0.648. The molecule has 0 bridgehead atoms. The number of aromatic nitrogens is 1. The summed E-state index contributed by atoms with van der Waals surface area (Å²) in [5.74, 6) is 1.31. The number of benzene rings is 1. The topological polar surface area (TPSA) is 75.7 Å². The van der Waals surface area contributed by atoms with Gasteiger partial charge in [-0.2, -0.15) is 0 Å². The number of hydrogen-bond donors (Lipinski definition) is 2. The molecule has 1 atom stereocenters. The van der Waals surface area contributed by atoms with Crippen LogP contribution in [0.3, 0.4) is 0 Å². The number of nitrogens with one attached hydrogen (secondary N) is 2. The van der Waals surface area contributed by atoms with Gasteiger partial charge in [-0.3, -0.25) is 10.2 Å². The van der Waals surface area contributed by atoms with Gasteiger partial charge in [-0.1, -0.05) is 18.2 Å². The van der Waals surface area contributed by atoms with Crippen LogP contribution in [0.2, 0.25) is 0 Å². The number of likely N-dealkylation sites (tertiary alicyclic amines) is 1. The first-order valence-corrected chi connectivity index (χ1v) is 11.8. The minimum atomic E-state index is -0.363. The van der Waals surface area contributed by atoms with Crippen molar-refractivity contribution in [2.24, 2.45) is 0 Å². The molecule has 9 heteroatoms. The lowest BCUT2D eigenvalue weighted by Gasteiger charge is -2.32. The lowest BCUT2D eigenvalue weighted by atomic mass is 9.99. The highest BCUT2D eigenvalue weighted by Crippen LogP contribution is 2.35. The standard InChI is InChI=1S/C23H29FN4O3S/c1-30-20-13-17(4-5-19(20)16-6-11-31-12-7-16)22-26-21(15-32-22)27-23(29)25-18-3-2-9-28(14-18)10-8-24/h4-6,13,15,18H,2-3,7-12,14H2,1H3,(H2,25,27,29)/t18-/m0/s1. The Morgan fingerprint density at radius 1 is 1.44 bits per heavy atom. The summed E-state index contributed by atoms with van der Waals surface area (Å²) < 4.78 is 23.6. The third-order valence-corrected chi connectivity index (χ3v) is 6.64. The van der Waals surface area contributed by atoms with Crippen molar-refractivity contribution in [1.29, 1.82) is 0 Å². The lowest BCUT2D eigenvalue weighted by Crippen LogP contribution is -2.49. The first kappa shape index (κ1) is 22.7. The van der Waals surface area contributed by atoms with E-state index in [9.17, 15) is 9.18 Å². The molecule has 2 N–H and O–H groups in total. The monoisotopic (exact) mass is 460 g/mol. The molecule has 0 unspecified atom stereocenters. The van der Waals surface area contributed by atoms with Crippen LogP contribution in [0, 0.1) is 0 Å². The van der Waals surface area contributed by atoms with Gasteiger partial charge in [0.05, 0.1) is 20.3 Å². The summed E-state index contributed by atoms with van der Waals surface area (Å²) in [6.07, 6.45) is 4.80. The van der Waals surface area contributed by atoms with Crippen LogP contribution in [-0.2, 0) is 4.74 Å². The largest absolute Gasteiger partial charge is 0.496 e. The van der Waals surface area contributed by atoms with Gasteiger partial charge >= 0.3 is 6.03 Å². The van der Waals surface area contributed by atoms with E-state index in [1.807, 2.05) is 22.4 Å². The van der Waals surface area contributed by atoms with E-state index >= 15 is 0 Å². The van der Waals surface area contributed by atoms with Gasteiger partial charge in [0, 0.05) is 35.6 Å². The fourth-order valence-electron chi connectivity index (χ4n) is 4.16. The molecule has 7 nitrogen and oxygen atoms in total. The molecule has 1 aromatic heterocycles. The van der Waals surface area contributed by atoms with E-state index in [0.717, 1.165) is 54.3 Å². The van der Waals surface area contributed by atoms with Crippen LogP contribution in [0.1, 0.15) is 24.8 Å². The Labute approximate surface area is 191 Å². The Balaban J connectivity index is 1.39. The van der Waals surface area contributed by atoms with Gasteiger partial charge in [-0.15, -0.1) is 11.3 Å². The number of carbonyl (C=O) groups is 1. The summed E-state index contributed by atoms with van der Waals surface area (Å²) in [4.78, 5) is 19.0. The SMILES string of the molecule is COc1cc(-c2nc(NC(=O)N[C@H]3CCCN(CCF)C3)cs2)ccc1C1=CCOCC1. The van der Waals surface area contributed by atoms with E-state index in [0.29, 0.717) is 25.5 Å². The van der Waals surface area contributed by atoms with Crippen LogP contribution in [0.4, 0.5) is 15.0 Å². The van der Waals surface area contributed by atoms with Crippen LogP contribution >= 0.6 is 11.3 Å². The molecule has 2 aliphatic rings. The minimum Gasteiger partial charge on any atom is -0.496 e. The van der Waals surface area contributed by atoms with Crippen molar-refractivity contribution in [3.05, 3.63) is 35.2 Å². The second-order valence-corrected chi connectivity index (χ2v) is 8.79. The number of anilines is 1. The maximum absolute atomic E-state index is 12.6. The molecule has 32 heavy (non-hydrogen) atoms. The normalized spacial score (nSPS) is 19.3. The highest BCUT2D eigenvalue weighted by Gasteiger charge is 2.21. The Morgan fingerprint density at radius 2 is 2.34 bits per heavy atom. The molecule has 2 amide bonds. The molecule has 2 aliphatic heterocycles. The Kier molecular flexibility index (Phi) is 7.72. The number of carbonyl (C=O) groups excluding carboxylic acids is 1. The molecule has 1 fully saturated rings. The summed E-state index contributed by atoms with van der Waals surface area (Å²) in [5.41, 5.74) is 3.24. The van der Waals surface area contributed by atoms with Crippen LogP contribution in [-0.4, -0.2) is 68.6 Å². The average Bonchev–Trinajstić information content (AvgIpc) is 3.28. The fraction of sp³-hybridized carbons (Fsp3) is 0.478. The molecule has 0 saturated carbocycles. The van der Waals surface area contributed by atoms with Gasteiger partial charge in [-0.25, -0.2) is 14.2 Å². The third-order valence-electron chi connectivity index (χ3n) is 5.75. The van der Waals surface area contributed by atoms with Crippen LogP contribution < -0.4 is 15.4 Å². The van der Waals surface area contributed by atoms with E-state index < -0.39 is 0 Å². The molecule has 0 radical (unpaired) electrons. The predicted octanol–water partition coefficient (Wildman–Crippen LogP) is 4.18. The van der Waals surface area contributed by atoms with Crippen molar-refractivity contribution in [3.63, 3.8) is 0 Å². The average molecular weight is 461 g/mol. The smallest absolute Gasteiger partial charge is 0.320 e. The van der Waals surface area contributed by atoms with E-state index in [-0.39, 0.29) is 18.7 Å². The van der Waals surface area contributed by atoms with Gasteiger partial charge in [0.15, 0.2) is 0 Å². The van der Waals surface area contributed by atoms with Crippen LogP contribution in [0.25, 0.3) is 16.1 Å². The summed E-state index contributed by atoms with van der Waals surface area (Å²) in [7, 11) is 1.67. The molecular weight excluding hydrogens is 431 g/mol. The lowest BCUT2D eigenvalue weighted by molar-refractivity contribution is 0.161. The van der Waals surface area contributed by atoms with Gasteiger partial charge in [0.25, 0.3) is 0 Å². The van der Waals surface area contributed by atoms with Gasteiger partial charge < -0.3 is 14.8 Å². The second-order valence-electron chi connectivity index (χ2n) is 7.93. The van der Waals surface area contributed by atoms with Gasteiger partial charge in [0.1, 0.15) is 23.2 Å². The molecular formula is C23H29FN4O3S. The van der Waals surface area contributed by atoms with Crippen molar-refractivity contribution < 1.29 is 18.7 Å². The molecule has 1 aromatic carbocycles. The van der Waals surface area contributed by atoms with Gasteiger partial charge in [-0.05, 0) is 37.4 Å². The number of alkyl halides is 1. The number of rotatable bonds is 7. The Bertz CT molecular complexity index is 962. The number of methoxy groups -OCH3 is 1. The molecule has 1 saturated heterocycles. The zero-order chi connectivity index (χ0) is 22.3. The minimum absolute atomic E-state index is 0.0182. The first-order chi connectivity index (χ1) is 15.7. The molecule has 2 aromatic rings. The number of urea groups is 1. The van der Waals surface area contributed by atoms with E-state index in [4.69, 9.17) is 9.47 Å². The molecule has 4 rings (SSSR count). The van der Waals surface area contributed by atoms with E-state index in [2.05, 4.69) is 27.8 Å². The summed E-state index contributed by atoms with van der Waals surface area (Å²) in [6.45, 7) is 2.95. The zero-order valence-electron chi connectivity index (χ0n) is 18.2. The third kappa shape index (κ3) is 5.65. The molecule has 0 aliphatic carbocycles. The number of ether oxygens (including phenoxy) is 2. The number of thiazole rings is 1. The molecule has 3 heterocycles. The molecule has 172 valence electrons. The predicted molar refractivity (Wildman–Crippen MR) is 125 cm³/mol. The first-order valence-electron chi connectivity index (χ1n) is 10.9. The van der Waals surface area contributed by atoms with Gasteiger partial charge in [0.2, 0.25) is 0 Å². The van der Waals surface area contributed by atoms with E-state index in [1.54, 1.807) is 7.11 Å². The number of halogens is 1. The highest BCUT2D eigenvalue weighted by atomic mass is 32.1. The number of amides is 2. The highest BCUT2D eigenvalue weighted by molar-refractivity contribution is 7.13. The summed E-state index contributed by atoms with van der Waals surface area (Å²) in [5, 5.41) is 8.43. The summed E-state index contributed by atoms with van der Waals surface area (Å²) in [6, 6.07) is 5.80. The zero-order valence-corrected chi connectivity index (χ0v) is 19.0. The van der Waals surface area contributed by atoms with Crippen molar-refractivity contribution in [3.8, 4) is 16.3 Å². The molecule has 0 spiro atoms. The van der Waals surface area contributed by atoms with Crippen LogP contribution in [0.5, 0.6) is 5.75 Å². The summed E-state index contributed by atoms with van der Waals surface area (Å²) >= 11 is 1.46. The van der Waals surface area contributed by atoms with Crippen molar-refractivity contribution in [2.75, 3.05) is 51.9 Å².